The molecule has 2 aromatic carbocycles. The summed E-state index contributed by atoms with van der Waals surface area (Å²) >= 11 is 1.67. The molecule has 0 fully saturated rings. The molecule has 0 radical (unpaired) electrons. The van der Waals surface area contributed by atoms with Crippen LogP contribution in [-0.4, -0.2) is 25.3 Å². The molecule has 2 aromatic rings. The number of anilines is 2. The summed E-state index contributed by atoms with van der Waals surface area (Å²) < 4.78 is 32.8. The molecule has 0 spiro atoms. The van der Waals surface area contributed by atoms with E-state index in [4.69, 9.17) is 0 Å². The van der Waals surface area contributed by atoms with Gasteiger partial charge in [0.1, 0.15) is 0 Å². The van der Waals surface area contributed by atoms with Crippen molar-refractivity contribution in [1.29, 1.82) is 0 Å². The third-order valence-corrected chi connectivity index (χ3v) is 5.90. The van der Waals surface area contributed by atoms with E-state index in [0.717, 1.165) is 32.3 Å². The summed E-state index contributed by atoms with van der Waals surface area (Å²) in [5.74, 6) is -0.364. The Labute approximate surface area is 181 Å². The number of hydrogen-bond acceptors (Lipinski definition) is 5. The summed E-state index contributed by atoms with van der Waals surface area (Å²) in [5, 5.41) is 0. The van der Waals surface area contributed by atoms with Gasteiger partial charge in [0, 0.05) is 22.1 Å². The predicted octanol–water partition coefficient (Wildman–Crippen LogP) is 1.51. The molecule has 0 saturated carbocycles. The smallest absolute Gasteiger partial charge is 0.748 e. The van der Waals surface area contributed by atoms with Crippen molar-refractivity contribution < 1.29 is 42.5 Å². The Morgan fingerprint density at radius 3 is 1.92 bits per heavy atom. The van der Waals surface area contributed by atoms with Crippen molar-refractivity contribution >= 4 is 45.4 Å². The monoisotopic (exact) mass is 395 g/mol. The molecule has 26 heavy (non-hydrogen) atoms. The van der Waals surface area contributed by atoms with Crippen molar-refractivity contribution in [1.82, 2.24) is 0 Å². The Hall–Kier alpha value is -1.02. The van der Waals surface area contributed by atoms with Crippen LogP contribution in [0.15, 0.2) is 59.3 Å². The molecule has 0 unspecified atom stereocenters. The van der Waals surface area contributed by atoms with Crippen LogP contribution < -0.4 is 34.5 Å². The second-order valence-electron chi connectivity index (χ2n) is 5.73. The molecular weight excluding hydrogens is 377 g/mol. The van der Waals surface area contributed by atoms with E-state index in [1.165, 1.54) is 0 Å². The van der Waals surface area contributed by atoms with Crippen LogP contribution in [0.2, 0.25) is 0 Å². The van der Waals surface area contributed by atoms with Crippen molar-refractivity contribution in [3.8, 4) is 0 Å². The maximum atomic E-state index is 10.9. The second kappa shape index (κ2) is 8.78. The standard InChI is InChI=1S/C19H19NO3S2.Na/c1-3-14-6-8-16-18(12-14)24-19-13-15(4-2)7-9-17(19)20(16)10-5-11-25(21,22)23;/h3-4,6-9,12-13H,1-2,5,10-11H2,(H,21,22,23);/q;+1/p-1. The van der Waals surface area contributed by atoms with Crippen molar-refractivity contribution in [2.75, 3.05) is 17.2 Å². The average Bonchev–Trinajstić information content (AvgIpc) is 2.59. The Morgan fingerprint density at radius 2 is 1.50 bits per heavy atom. The van der Waals surface area contributed by atoms with E-state index in [9.17, 15) is 13.0 Å². The molecule has 4 nitrogen and oxygen atoms in total. The van der Waals surface area contributed by atoms with Crippen LogP contribution in [0, 0.1) is 0 Å². The zero-order valence-corrected chi connectivity index (χ0v) is 18.3. The second-order valence-corrected chi connectivity index (χ2v) is 8.34. The van der Waals surface area contributed by atoms with Gasteiger partial charge in [-0.2, -0.15) is 0 Å². The van der Waals surface area contributed by atoms with Gasteiger partial charge in [0.05, 0.1) is 21.5 Å². The minimum Gasteiger partial charge on any atom is -0.748 e. The van der Waals surface area contributed by atoms with Crippen LogP contribution in [-0.2, 0) is 10.1 Å². The summed E-state index contributed by atoms with van der Waals surface area (Å²) in [6, 6.07) is 12.1. The fourth-order valence-electron chi connectivity index (χ4n) is 2.81. The van der Waals surface area contributed by atoms with Gasteiger partial charge in [-0.15, -0.1) is 0 Å². The first-order valence-electron chi connectivity index (χ1n) is 7.83. The van der Waals surface area contributed by atoms with Gasteiger partial charge in [-0.1, -0.05) is 49.2 Å². The van der Waals surface area contributed by atoms with Crippen LogP contribution in [0.4, 0.5) is 11.4 Å². The zero-order chi connectivity index (χ0) is 18.0. The van der Waals surface area contributed by atoms with Crippen LogP contribution in [0.3, 0.4) is 0 Å². The van der Waals surface area contributed by atoms with E-state index in [0.29, 0.717) is 6.54 Å². The Bertz CT molecular complexity index is 884. The van der Waals surface area contributed by atoms with E-state index >= 15 is 0 Å². The molecule has 1 heterocycles. The first kappa shape index (κ1) is 21.3. The van der Waals surface area contributed by atoms with Gasteiger partial charge in [-0.05, 0) is 41.8 Å². The zero-order valence-electron chi connectivity index (χ0n) is 14.6. The minimum atomic E-state index is -4.21. The molecule has 0 aliphatic carbocycles. The molecule has 1 aliphatic heterocycles. The molecule has 0 atom stereocenters. The van der Waals surface area contributed by atoms with Gasteiger partial charge < -0.3 is 9.45 Å². The Morgan fingerprint density at radius 1 is 1.00 bits per heavy atom. The van der Waals surface area contributed by atoms with E-state index in [1.54, 1.807) is 23.9 Å². The molecular formula is C19H18NNaO3S2. The summed E-state index contributed by atoms with van der Waals surface area (Å²) in [6.45, 7) is 8.08. The van der Waals surface area contributed by atoms with Gasteiger partial charge in [0.2, 0.25) is 0 Å². The van der Waals surface area contributed by atoms with Crippen molar-refractivity contribution in [2.24, 2.45) is 0 Å². The van der Waals surface area contributed by atoms with E-state index in [2.05, 4.69) is 30.2 Å². The first-order chi connectivity index (χ1) is 11.9. The molecule has 0 bridgehead atoms. The number of nitrogens with zero attached hydrogens (tertiary/aromatic N) is 1. The molecule has 3 rings (SSSR count). The van der Waals surface area contributed by atoms with Gasteiger partial charge in [-0.25, -0.2) is 8.42 Å². The number of hydrogen-bond donors (Lipinski definition) is 0. The van der Waals surface area contributed by atoms with E-state index < -0.39 is 10.1 Å². The summed E-state index contributed by atoms with van der Waals surface area (Å²) in [4.78, 5) is 4.23. The van der Waals surface area contributed by atoms with Gasteiger partial charge in [0.15, 0.2) is 0 Å². The molecule has 0 aromatic heterocycles. The third-order valence-electron chi connectivity index (χ3n) is 4.02. The van der Waals surface area contributed by atoms with Crippen molar-refractivity contribution in [3.63, 3.8) is 0 Å². The summed E-state index contributed by atoms with van der Waals surface area (Å²) in [5.41, 5.74) is 4.07. The van der Waals surface area contributed by atoms with Crippen molar-refractivity contribution in [2.45, 2.75) is 16.2 Å². The molecule has 0 saturated heterocycles. The average molecular weight is 395 g/mol. The quantitative estimate of drug-likeness (QED) is 0.548. The number of rotatable bonds is 6. The van der Waals surface area contributed by atoms with Crippen LogP contribution >= 0.6 is 11.8 Å². The number of fused-ring (bicyclic) bond motifs is 2. The van der Waals surface area contributed by atoms with Gasteiger partial charge in [0.25, 0.3) is 0 Å². The largest absolute Gasteiger partial charge is 1.00 e. The predicted molar refractivity (Wildman–Crippen MR) is 103 cm³/mol. The minimum absolute atomic E-state index is 0. The number of benzene rings is 2. The maximum absolute atomic E-state index is 10.9. The molecule has 130 valence electrons. The Balaban J connectivity index is 0.00000243. The van der Waals surface area contributed by atoms with Crippen LogP contribution in [0.5, 0.6) is 0 Å². The fourth-order valence-corrected chi connectivity index (χ4v) is 4.49. The fraction of sp³-hybridized carbons (Fsp3) is 0.158. The normalized spacial score (nSPS) is 12.6. The maximum Gasteiger partial charge on any atom is 1.00 e. The van der Waals surface area contributed by atoms with Crippen LogP contribution in [0.1, 0.15) is 17.5 Å². The molecule has 1 aliphatic rings. The first-order valence-corrected chi connectivity index (χ1v) is 10.2. The van der Waals surface area contributed by atoms with E-state index in [1.807, 2.05) is 24.3 Å². The molecule has 0 amide bonds. The van der Waals surface area contributed by atoms with Gasteiger partial charge >= 0.3 is 29.6 Å². The Kier molecular flexibility index (Phi) is 7.19. The van der Waals surface area contributed by atoms with Gasteiger partial charge in [-0.3, -0.25) is 0 Å². The topological polar surface area (TPSA) is 60.4 Å². The van der Waals surface area contributed by atoms with E-state index in [-0.39, 0.29) is 41.7 Å². The summed E-state index contributed by atoms with van der Waals surface area (Å²) in [6.07, 6.45) is 3.87. The van der Waals surface area contributed by atoms with Crippen molar-refractivity contribution in [3.05, 3.63) is 60.7 Å². The summed E-state index contributed by atoms with van der Waals surface area (Å²) in [7, 11) is -4.21. The molecule has 7 heteroatoms. The third kappa shape index (κ3) is 4.82. The molecule has 0 N–H and O–H groups in total. The van der Waals surface area contributed by atoms with Crippen LogP contribution in [0.25, 0.3) is 12.2 Å². The SMILES string of the molecule is C=Cc1ccc2c(c1)Sc1cc(C=C)ccc1N2CCCS(=O)(=O)[O-].[Na+].